The molecule has 0 bridgehead atoms. The zero-order chi connectivity index (χ0) is 14.0. The summed E-state index contributed by atoms with van der Waals surface area (Å²) in [4.78, 5) is 0. The van der Waals surface area contributed by atoms with Crippen molar-refractivity contribution in [2.24, 2.45) is 0 Å². The van der Waals surface area contributed by atoms with Gasteiger partial charge in [0, 0.05) is 22.8 Å². The number of nitrogens with one attached hydrogen (secondary N) is 1. The SMILES string of the molecule is Oc1c(Cl)cc(NCc2cc(Cl)ccc2F)cc1Cl. The van der Waals surface area contributed by atoms with E-state index in [1.807, 2.05) is 0 Å². The number of hydrogen-bond donors (Lipinski definition) is 2. The quantitative estimate of drug-likeness (QED) is 0.771. The Labute approximate surface area is 124 Å². The molecule has 19 heavy (non-hydrogen) atoms. The number of aromatic hydroxyl groups is 1. The monoisotopic (exact) mass is 319 g/mol. The highest BCUT2D eigenvalue weighted by Crippen LogP contribution is 2.34. The summed E-state index contributed by atoms with van der Waals surface area (Å²) in [6.07, 6.45) is 0. The molecule has 0 radical (unpaired) electrons. The third-order valence-electron chi connectivity index (χ3n) is 2.51. The number of phenolic OH excluding ortho intramolecular Hbond substituents is 1. The van der Waals surface area contributed by atoms with Gasteiger partial charge in [-0.2, -0.15) is 0 Å². The predicted molar refractivity (Wildman–Crippen MR) is 76.9 cm³/mol. The molecular formula is C13H9Cl3FNO. The minimum atomic E-state index is -0.354. The fourth-order valence-corrected chi connectivity index (χ4v) is 2.23. The van der Waals surface area contributed by atoms with Gasteiger partial charge in [0.05, 0.1) is 10.0 Å². The minimum absolute atomic E-state index is 0.126. The van der Waals surface area contributed by atoms with Crippen molar-refractivity contribution in [1.82, 2.24) is 0 Å². The van der Waals surface area contributed by atoms with Crippen LogP contribution in [0.3, 0.4) is 0 Å². The van der Waals surface area contributed by atoms with Crippen LogP contribution in [0.4, 0.5) is 10.1 Å². The van der Waals surface area contributed by atoms with Gasteiger partial charge in [-0.25, -0.2) is 4.39 Å². The van der Waals surface area contributed by atoms with Crippen molar-refractivity contribution in [3.05, 3.63) is 56.8 Å². The second-order valence-corrected chi connectivity index (χ2v) is 5.13. The second-order valence-electron chi connectivity index (χ2n) is 3.88. The summed E-state index contributed by atoms with van der Waals surface area (Å²) < 4.78 is 13.5. The minimum Gasteiger partial charge on any atom is -0.505 e. The predicted octanol–water partition coefficient (Wildman–Crippen LogP) is 5.10. The van der Waals surface area contributed by atoms with Crippen molar-refractivity contribution >= 4 is 40.5 Å². The summed E-state index contributed by atoms with van der Waals surface area (Å²) in [5, 5.41) is 13.1. The lowest BCUT2D eigenvalue weighted by Crippen LogP contribution is -2.01. The van der Waals surface area contributed by atoms with Crippen molar-refractivity contribution in [3.63, 3.8) is 0 Å². The number of anilines is 1. The summed E-state index contributed by atoms with van der Waals surface area (Å²) >= 11 is 17.4. The lowest BCUT2D eigenvalue weighted by molar-refractivity contribution is 0.476. The van der Waals surface area contributed by atoms with Crippen LogP contribution in [0, 0.1) is 5.82 Å². The van der Waals surface area contributed by atoms with Gasteiger partial charge in [0.25, 0.3) is 0 Å². The number of benzene rings is 2. The van der Waals surface area contributed by atoms with Crippen molar-refractivity contribution in [2.75, 3.05) is 5.32 Å². The first-order valence-electron chi connectivity index (χ1n) is 5.33. The van der Waals surface area contributed by atoms with Crippen molar-refractivity contribution in [2.45, 2.75) is 6.54 Å². The molecule has 0 amide bonds. The van der Waals surface area contributed by atoms with Crippen LogP contribution in [0.1, 0.15) is 5.56 Å². The Hall–Kier alpha value is -1.16. The zero-order valence-electron chi connectivity index (χ0n) is 9.55. The smallest absolute Gasteiger partial charge is 0.152 e. The van der Waals surface area contributed by atoms with E-state index in [0.29, 0.717) is 16.3 Å². The summed E-state index contributed by atoms with van der Waals surface area (Å²) in [6.45, 7) is 0.226. The Kier molecular flexibility index (Phi) is 4.40. The molecule has 100 valence electrons. The average Bonchev–Trinajstić information content (AvgIpc) is 2.37. The number of rotatable bonds is 3. The standard InChI is InChI=1S/C13H9Cl3FNO/c14-8-1-2-12(17)7(3-8)6-18-9-4-10(15)13(19)11(16)5-9/h1-5,18-19H,6H2. The van der Waals surface area contributed by atoms with Crippen LogP contribution in [0.5, 0.6) is 5.75 Å². The first-order valence-corrected chi connectivity index (χ1v) is 6.46. The van der Waals surface area contributed by atoms with Crippen molar-refractivity contribution in [1.29, 1.82) is 0 Å². The molecule has 0 unspecified atom stereocenters. The van der Waals surface area contributed by atoms with Gasteiger partial charge in [0.15, 0.2) is 5.75 Å². The molecule has 0 fully saturated rings. The molecule has 0 aromatic heterocycles. The summed E-state index contributed by atoms with van der Waals surface area (Å²) in [5.74, 6) is -0.532. The van der Waals surface area contributed by atoms with Crippen LogP contribution in [-0.2, 0) is 6.54 Å². The maximum atomic E-state index is 13.5. The van der Waals surface area contributed by atoms with Gasteiger partial charge in [-0.3, -0.25) is 0 Å². The molecule has 2 aromatic carbocycles. The van der Waals surface area contributed by atoms with Gasteiger partial charge in [-0.1, -0.05) is 34.8 Å². The van der Waals surface area contributed by atoms with Crippen LogP contribution < -0.4 is 5.32 Å². The van der Waals surface area contributed by atoms with Crippen molar-refractivity contribution in [3.8, 4) is 5.75 Å². The largest absolute Gasteiger partial charge is 0.505 e. The average molecular weight is 321 g/mol. The number of halogens is 4. The Balaban J connectivity index is 2.17. The molecule has 0 saturated heterocycles. The highest BCUT2D eigenvalue weighted by Gasteiger charge is 2.08. The summed E-state index contributed by atoms with van der Waals surface area (Å²) in [7, 11) is 0. The van der Waals surface area contributed by atoms with E-state index in [2.05, 4.69) is 5.32 Å². The van der Waals surface area contributed by atoms with Crippen LogP contribution in [-0.4, -0.2) is 5.11 Å². The van der Waals surface area contributed by atoms with Gasteiger partial charge in [0.1, 0.15) is 5.82 Å². The van der Waals surface area contributed by atoms with E-state index in [1.165, 1.54) is 30.3 Å². The maximum absolute atomic E-state index is 13.5. The topological polar surface area (TPSA) is 32.3 Å². The number of phenols is 1. The number of hydrogen-bond acceptors (Lipinski definition) is 2. The van der Waals surface area contributed by atoms with Crippen molar-refractivity contribution < 1.29 is 9.50 Å². The van der Waals surface area contributed by atoms with Crippen LogP contribution in [0.25, 0.3) is 0 Å². The molecule has 2 N–H and O–H groups in total. The van der Waals surface area contributed by atoms with Crippen LogP contribution in [0.2, 0.25) is 15.1 Å². The van der Waals surface area contributed by atoms with Gasteiger partial charge >= 0.3 is 0 Å². The van der Waals surface area contributed by atoms with Crippen LogP contribution in [0.15, 0.2) is 30.3 Å². The molecular weight excluding hydrogens is 312 g/mol. The van der Waals surface area contributed by atoms with Gasteiger partial charge in [-0.05, 0) is 30.3 Å². The summed E-state index contributed by atoms with van der Waals surface area (Å²) in [5.41, 5.74) is 1.000. The highest BCUT2D eigenvalue weighted by molar-refractivity contribution is 6.37. The lowest BCUT2D eigenvalue weighted by atomic mass is 10.2. The van der Waals surface area contributed by atoms with Crippen LogP contribution >= 0.6 is 34.8 Å². The molecule has 0 aliphatic carbocycles. The third kappa shape index (κ3) is 3.44. The highest BCUT2D eigenvalue weighted by atomic mass is 35.5. The van der Waals surface area contributed by atoms with E-state index in [4.69, 9.17) is 34.8 Å². The molecule has 0 saturated carbocycles. The van der Waals surface area contributed by atoms with E-state index >= 15 is 0 Å². The summed E-state index contributed by atoms with van der Waals surface area (Å²) in [6, 6.07) is 7.33. The van der Waals surface area contributed by atoms with E-state index in [1.54, 1.807) is 0 Å². The molecule has 0 heterocycles. The molecule has 2 rings (SSSR count). The van der Waals surface area contributed by atoms with Gasteiger partial charge < -0.3 is 10.4 Å². The van der Waals surface area contributed by atoms with E-state index in [9.17, 15) is 9.50 Å². The molecule has 6 heteroatoms. The van der Waals surface area contributed by atoms with Gasteiger partial charge in [0.2, 0.25) is 0 Å². The fourth-order valence-electron chi connectivity index (χ4n) is 1.54. The lowest BCUT2D eigenvalue weighted by Gasteiger charge is -2.10. The van der Waals surface area contributed by atoms with E-state index < -0.39 is 0 Å². The molecule has 2 nitrogen and oxygen atoms in total. The molecule has 0 aliphatic heterocycles. The Morgan fingerprint density at radius 2 is 1.68 bits per heavy atom. The Morgan fingerprint density at radius 1 is 1.05 bits per heavy atom. The third-order valence-corrected chi connectivity index (χ3v) is 3.32. The molecule has 0 atom stereocenters. The normalized spacial score (nSPS) is 10.5. The first-order chi connectivity index (χ1) is 8.97. The van der Waals surface area contributed by atoms with E-state index in [-0.39, 0.29) is 28.2 Å². The second kappa shape index (κ2) is 5.87. The molecule has 0 aliphatic rings. The molecule has 2 aromatic rings. The Morgan fingerprint density at radius 3 is 2.32 bits per heavy atom. The fraction of sp³-hybridized carbons (Fsp3) is 0.0769. The molecule has 0 spiro atoms. The maximum Gasteiger partial charge on any atom is 0.152 e. The first kappa shape index (κ1) is 14.3. The van der Waals surface area contributed by atoms with E-state index in [0.717, 1.165) is 0 Å². The van der Waals surface area contributed by atoms with Gasteiger partial charge in [-0.15, -0.1) is 0 Å². The zero-order valence-corrected chi connectivity index (χ0v) is 11.8. The Bertz CT molecular complexity index is 596.